The molecule has 0 spiro atoms. The van der Waals surface area contributed by atoms with E-state index in [1.165, 1.54) is 11.3 Å². The highest BCUT2D eigenvalue weighted by Crippen LogP contribution is 2.21. The van der Waals surface area contributed by atoms with Crippen LogP contribution >= 0.6 is 11.3 Å². The maximum Gasteiger partial charge on any atom is 0.322 e. The molecule has 2 N–H and O–H groups in total. The summed E-state index contributed by atoms with van der Waals surface area (Å²) < 4.78 is 5.32. The molecule has 1 fully saturated rings. The van der Waals surface area contributed by atoms with E-state index in [1.807, 2.05) is 6.92 Å². The Morgan fingerprint density at radius 2 is 2.40 bits per heavy atom. The van der Waals surface area contributed by atoms with Crippen LogP contribution in [-0.2, 0) is 9.59 Å². The van der Waals surface area contributed by atoms with Gasteiger partial charge in [0, 0.05) is 11.8 Å². The van der Waals surface area contributed by atoms with Gasteiger partial charge >= 0.3 is 6.01 Å². The van der Waals surface area contributed by atoms with Crippen molar-refractivity contribution in [3.8, 4) is 11.6 Å². The summed E-state index contributed by atoms with van der Waals surface area (Å²) in [5.74, 6) is -0.241. The van der Waals surface area contributed by atoms with Crippen LogP contribution in [0.4, 0.5) is 6.01 Å². The van der Waals surface area contributed by atoms with E-state index >= 15 is 0 Å². The van der Waals surface area contributed by atoms with Crippen LogP contribution in [0.2, 0.25) is 0 Å². The summed E-state index contributed by atoms with van der Waals surface area (Å²) in [4.78, 5) is 27.1. The van der Waals surface area contributed by atoms with Gasteiger partial charge in [0.1, 0.15) is 11.7 Å². The van der Waals surface area contributed by atoms with Gasteiger partial charge in [-0.15, -0.1) is 16.4 Å². The lowest BCUT2D eigenvalue weighted by Crippen LogP contribution is -2.37. The zero-order valence-corrected chi connectivity index (χ0v) is 11.4. The van der Waals surface area contributed by atoms with Gasteiger partial charge in [0.25, 0.3) is 11.8 Å². The summed E-state index contributed by atoms with van der Waals surface area (Å²) in [5.41, 5.74) is 0.578. The molecule has 0 saturated carbocycles. The van der Waals surface area contributed by atoms with Crippen LogP contribution in [0.5, 0.6) is 0 Å². The van der Waals surface area contributed by atoms with Crippen LogP contribution in [0.15, 0.2) is 9.80 Å². The molecule has 0 aromatic carbocycles. The Hall–Kier alpha value is -2.29. The fourth-order valence-corrected chi connectivity index (χ4v) is 2.43. The lowest BCUT2D eigenvalue weighted by Gasteiger charge is -2.07. The minimum Gasteiger partial charge on any atom is -0.401 e. The number of thiazole rings is 1. The number of aryl methyl sites for hydroxylation is 1. The molecule has 0 radical (unpaired) electrons. The Balaban J connectivity index is 1.68. The lowest BCUT2D eigenvalue weighted by molar-refractivity contribution is -0.122. The van der Waals surface area contributed by atoms with Crippen molar-refractivity contribution < 1.29 is 14.0 Å². The second kappa shape index (κ2) is 5.00. The largest absolute Gasteiger partial charge is 0.401 e. The standard InChI is InChI=1S/C11H11N5O3S/c1-5-12-7(4-20-5)10-15-16-11(19-10)14-9(18)6-2-3-8(17)13-6/h4,6H,2-3H2,1H3,(H,13,17)(H,14,16,18). The molecule has 1 atom stereocenters. The highest BCUT2D eigenvalue weighted by atomic mass is 32.1. The number of nitrogens with one attached hydrogen (secondary N) is 2. The third-order valence-corrected chi connectivity index (χ3v) is 3.58. The van der Waals surface area contributed by atoms with Gasteiger partial charge in [-0.2, -0.15) is 0 Å². The minimum absolute atomic E-state index is 0.00296. The molecule has 1 saturated heterocycles. The molecule has 2 aromatic heterocycles. The number of anilines is 1. The van der Waals surface area contributed by atoms with E-state index < -0.39 is 6.04 Å². The van der Waals surface area contributed by atoms with Crippen LogP contribution < -0.4 is 10.6 Å². The van der Waals surface area contributed by atoms with Crippen molar-refractivity contribution in [3.63, 3.8) is 0 Å². The van der Waals surface area contributed by atoms with E-state index in [2.05, 4.69) is 25.8 Å². The molecular weight excluding hydrogens is 282 g/mol. The monoisotopic (exact) mass is 293 g/mol. The normalized spacial score (nSPS) is 18.1. The van der Waals surface area contributed by atoms with Gasteiger partial charge in [-0.05, 0) is 13.3 Å². The first-order valence-corrected chi connectivity index (χ1v) is 6.86. The van der Waals surface area contributed by atoms with Gasteiger partial charge < -0.3 is 9.73 Å². The molecule has 0 bridgehead atoms. The number of hydrogen-bond donors (Lipinski definition) is 2. The van der Waals surface area contributed by atoms with Crippen molar-refractivity contribution in [1.82, 2.24) is 20.5 Å². The van der Waals surface area contributed by atoms with Gasteiger partial charge in [-0.3, -0.25) is 14.9 Å². The number of aromatic nitrogens is 3. The van der Waals surface area contributed by atoms with Crippen molar-refractivity contribution in [2.45, 2.75) is 25.8 Å². The fraction of sp³-hybridized carbons (Fsp3) is 0.364. The molecule has 20 heavy (non-hydrogen) atoms. The van der Waals surface area contributed by atoms with Crippen LogP contribution in [-0.4, -0.2) is 33.0 Å². The Labute approximate surface area is 117 Å². The molecular formula is C11H11N5O3S. The average Bonchev–Trinajstić information content (AvgIpc) is 3.10. The van der Waals surface area contributed by atoms with Crippen LogP contribution in [0.3, 0.4) is 0 Å². The quantitative estimate of drug-likeness (QED) is 0.862. The van der Waals surface area contributed by atoms with Crippen molar-refractivity contribution in [1.29, 1.82) is 0 Å². The highest BCUT2D eigenvalue weighted by Gasteiger charge is 2.28. The second-order valence-electron chi connectivity index (χ2n) is 4.31. The van der Waals surface area contributed by atoms with E-state index in [1.54, 1.807) is 5.38 Å². The Morgan fingerprint density at radius 3 is 3.05 bits per heavy atom. The molecule has 1 aliphatic heterocycles. The van der Waals surface area contributed by atoms with E-state index in [0.717, 1.165) is 5.01 Å². The molecule has 2 aromatic rings. The molecule has 2 amide bonds. The van der Waals surface area contributed by atoms with Crippen molar-refractivity contribution in [2.24, 2.45) is 0 Å². The maximum absolute atomic E-state index is 11.8. The molecule has 104 valence electrons. The summed E-state index contributed by atoms with van der Waals surface area (Å²) in [7, 11) is 0. The number of carbonyl (C=O) groups excluding carboxylic acids is 2. The van der Waals surface area contributed by atoms with E-state index in [0.29, 0.717) is 18.5 Å². The minimum atomic E-state index is -0.542. The van der Waals surface area contributed by atoms with E-state index in [4.69, 9.17) is 4.42 Å². The summed E-state index contributed by atoms with van der Waals surface area (Å²) in [6, 6.07) is -0.545. The molecule has 9 heteroatoms. The zero-order chi connectivity index (χ0) is 14.1. The first kappa shape index (κ1) is 12.7. The smallest absolute Gasteiger partial charge is 0.322 e. The van der Waals surface area contributed by atoms with E-state index in [9.17, 15) is 9.59 Å². The summed E-state index contributed by atoms with van der Waals surface area (Å²) in [6.45, 7) is 1.87. The van der Waals surface area contributed by atoms with Gasteiger partial charge in [-0.1, -0.05) is 5.10 Å². The maximum atomic E-state index is 11.8. The van der Waals surface area contributed by atoms with Crippen LogP contribution in [0, 0.1) is 6.92 Å². The predicted molar refractivity (Wildman–Crippen MR) is 69.9 cm³/mol. The summed E-state index contributed by atoms with van der Waals surface area (Å²) in [5, 5.41) is 15.3. The summed E-state index contributed by atoms with van der Waals surface area (Å²) >= 11 is 1.47. The second-order valence-corrected chi connectivity index (χ2v) is 5.37. The third-order valence-electron chi connectivity index (χ3n) is 2.81. The number of rotatable bonds is 3. The molecule has 1 aliphatic rings. The Bertz CT molecular complexity index is 665. The van der Waals surface area contributed by atoms with Gasteiger partial charge in [0.15, 0.2) is 0 Å². The SMILES string of the molecule is Cc1nc(-c2nnc(NC(=O)C3CCC(=O)N3)o2)cs1. The number of amides is 2. The topological polar surface area (TPSA) is 110 Å². The Morgan fingerprint density at radius 1 is 1.55 bits per heavy atom. The molecule has 3 heterocycles. The van der Waals surface area contributed by atoms with Crippen molar-refractivity contribution in [2.75, 3.05) is 5.32 Å². The lowest BCUT2D eigenvalue weighted by atomic mass is 10.2. The predicted octanol–water partition coefficient (Wildman–Crippen LogP) is 0.719. The fourth-order valence-electron chi connectivity index (χ4n) is 1.84. The zero-order valence-electron chi connectivity index (χ0n) is 10.5. The number of hydrogen-bond acceptors (Lipinski definition) is 7. The van der Waals surface area contributed by atoms with Gasteiger partial charge in [0.05, 0.1) is 5.01 Å². The molecule has 8 nitrogen and oxygen atoms in total. The first-order chi connectivity index (χ1) is 9.61. The van der Waals surface area contributed by atoms with Crippen molar-refractivity contribution in [3.05, 3.63) is 10.4 Å². The number of carbonyl (C=O) groups is 2. The third kappa shape index (κ3) is 2.52. The van der Waals surface area contributed by atoms with Gasteiger partial charge in [0.2, 0.25) is 5.91 Å². The van der Waals surface area contributed by atoms with Crippen LogP contribution in [0.25, 0.3) is 11.6 Å². The first-order valence-electron chi connectivity index (χ1n) is 5.98. The van der Waals surface area contributed by atoms with E-state index in [-0.39, 0.29) is 23.7 Å². The highest BCUT2D eigenvalue weighted by molar-refractivity contribution is 7.09. The molecule has 1 unspecified atom stereocenters. The molecule has 3 rings (SSSR count). The Kier molecular flexibility index (Phi) is 3.18. The van der Waals surface area contributed by atoms with Crippen LogP contribution in [0.1, 0.15) is 17.8 Å². The average molecular weight is 293 g/mol. The number of nitrogens with zero attached hydrogens (tertiary/aromatic N) is 3. The van der Waals surface area contributed by atoms with Gasteiger partial charge in [-0.25, -0.2) is 4.98 Å². The summed E-state index contributed by atoms with van der Waals surface area (Å²) in [6.07, 6.45) is 0.822. The van der Waals surface area contributed by atoms with Crippen molar-refractivity contribution >= 4 is 29.2 Å². The molecule has 0 aliphatic carbocycles.